The number of hydrogen-bond acceptors (Lipinski definition) is 2. The minimum absolute atomic E-state index is 0.285. The summed E-state index contributed by atoms with van der Waals surface area (Å²) in [7, 11) is -3.55. The van der Waals surface area contributed by atoms with Crippen molar-refractivity contribution in [2.45, 2.75) is 5.44 Å². The second kappa shape index (κ2) is 3.53. The molecule has 0 bridgehead atoms. The van der Waals surface area contributed by atoms with E-state index in [0.717, 1.165) is 6.08 Å². The van der Waals surface area contributed by atoms with Crippen LogP contribution in [0.4, 0.5) is 0 Å². The molecule has 1 radical (unpaired) electrons. The average molecular weight is 161 g/mol. The van der Waals surface area contributed by atoms with E-state index in [-0.39, 0.29) is 5.75 Å². The maximum atomic E-state index is 10.7. The Kier molecular flexibility index (Phi) is 3.32. The summed E-state index contributed by atoms with van der Waals surface area (Å²) in [6.45, 7) is 6.29. The van der Waals surface area contributed by atoms with Crippen LogP contribution in [-0.2, 0) is 14.9 Å². The zero-order chi connectivity index (χ0) is 8.20. The van der Waals surface area contributed by atoms with E-state index in [1.165, 1.54) is 6.08 Å². The Morgan fingerprint density at radius 3 is 2.20 bits per heavy atom. The second-order valence-electron chi connectivity index (χ2n) is 1.72. The van der Waals surface area contributed by atoms with Crippen molar-refractivity contribution in [1.29, 1.82) is 0 Å². The highest BCUT2D eigenvalue weighted by molar-refractivity contribution is 7.92. The van der Waals surface area contributed by atoms with Gasteiger partial charge in [-0.15, -0.1) is 6.58 Å². The highest BCUT2D eigenvalue weighted by atomic mass is 32.2. The fourth-order valence-electron chi connectivity index (χ4n) is 0.406. The molecule has 0 aromatic heterocycles. The van der Waals surface area contributed by atoms with Gasteiger partial charge in [0, 0.05) is 0 Å². The molecule has 0 aromatic rings. The third kappa shape index (κ3) is 2.33. The molecule has 0 spiro atoms. The SMILES string of the molecule is C=CCS(=O)(=O)[C@H]([O])C=C. The summed E-state index contributed by atoms with van der Waals surface area (Å²) in [4.78, 5) is 0. The van der Waals surface area contributed by atoms with Crippen LogP contribution in [0.1, 0.15) is 0 Å². The fourth-order valence-corrected chi connectivity index (χ4v) is 1.22. The van der Waals surface area contributed by atoms with E-state index in [1.54, 1.807) is 0 Å². The fraction of sp³-hybridized carbons (Fsp3) is 0.333. The predicted molar refractivity (Wildman–Crippen MR) is 38.7 cm³/mol. The highest BCUT2D eigenvalue weighted by Gasteiger charge is 2.18. The first-order valence-electron chi connectivity index (χ1n) is 2.65. The molecule has 10 heavy (non-hydrogen) atoms. The third-order valence-corrected chi connectivity index (χ3v) is 2.50. The first kappa shape index (κ1) is 9.39. The van der Waals surface area contributed by atoms with Crippen molar-refractivity contribution in [3.8, 4) is 0 Å². The minimum Gasteiger partial charge on any atom is -0.225 e. The van der Waals surface area contributed by atoms with Crippen molar-refractivity contribution in [3.63, 3.8) is 0 Å². The lowest BCUT2D eigenvalue weighted by Crippen LogP contribution is -2.18. The van der Waals surface area contributed by atoms with Crippen molar-refractivity contribution in [2.75, 3.05) is 5.75 Å². The Hall–Kier alpha value is -0.610. The van der Waals surface area contributed by atoms with Gasteiger partial charge in [0.1, 0.15) is 0 Å². The van der Waals surface area contributed by atoms with Crippen molar-refractivity contribution in [3.05, 3.63) is 25.3 Å². The molecular formula is C6H9O3S. The lowest BCUT2D eigenvalue weighted by Gasteiger charge is -2.00. The van der Waals surface area contributed by atoms with E-state index < -0.39 is 15.3 Å². The first-order chi connectivity index (χ1) is 4.54. The maximum absolute atomic E-state index is 10.7. The van der Waals surface area contributed by atoms with Crippen LogP contribution in [0.5, 0.6) is 0 Å². The molecule has 0 fully saturated rings. The van der Waals surface area contributed by atoms with Gasteiger partial charge in [0.25, 0.3) is 0 Å². The number of rotatable bonds is 4. The van der Waals surface area contributed by atoms with Gasteiger partial charge in [-0.3, -0.25) is 0 Å². The molecule has 0 aliphatic heterocycles. The van der Waals surface area contributed by atoms with Gasteiger partial charge in [0.15, 0.2) is 9.84 Å². The van der Waals surface area contributed by atoms with Crippen molar-refractivity contribution >= 4 is 9.84 Å². The molecule has 4 heteroatoms. The summed E-state index contributed by atoms with van der Waals surface area (Å²) in [5.41, 5.74) is -1.72. The van der Waals surface area contributed by atoms with Gasteiger partial charge >= 0.3 is 0 Å². The molecule has 0 amide bonds. The van der Waals surface area contributed by atoms with Crippen molar-refractivity contribution in [2.24, 2.45) is 0 Å². The van der Waals surface area contributed by atoms with E-state index in [0.29, 0.717) is 0 Å². The van der Waals surface area contributed by atoms with Gasteiger partial charge in [-0.25, -0.2) is 13.5 Å². The molecule has 1 atom stereocenters. The Morgan fingerprint density at radius 2 is 1.90 bits per heavy atom. The summed E-state index contributed by atoms with van der Waals surface area (Å²) < 4.78 is 21.4. The Balaban J connectivity index is 4.40. The van der Waals surface area contributed by atoms with E-state index >= 15 is 0 Å². The molecular weight excluding hydrogens is 152 g/mol. The van der Waals surface area contributed by atoms with E-state index in [1.807, 2.05) is 0 Å². The van der Waals surface area contributed by atoms with E-state index in [2.05, 4.69) is 13.2 Å². The molecule has 0 N–H and O–H groups in total. The lowest BCUT2D eigenvalue weighted by molar-refractivity contribution is 0.193. The molecule has 57 valence electrons. The highest BCUT2D eigenvalue weighted by Crippen LogP contribution is 2.00. The molecule has 0 saturated heterocycles. The number of hydrogen-bond donors (Lipinski definition) is 0. The second-order valence-corrected chi connectivity index (χ2v) is 3.85. The molecule has 0 aliphatic carbocycles. The van der Waals surface area contributed by atoms with Gasteiger partial charge in [0.2, 0.25) is 5.44 Å². The van der Waals surface area contributed by atoms with E-state index in [9.17, 15) is 13.5 Å². The van der Waals surface area contributed by atoms with Crippen LogP contribution >= 0.6 is 0 Å². The Bertz CT molecular complexity index is 215. The van der Waals surface area contributed by atoms with Crippen LogP contribution in [0.2, 0.25) is 0 Å². The Morgan fingerprint density at radius 1 is 1.40 bits per heavy atom. The predicted octanol–water partition coefficient (Wildman–Crippen LogP) is 0.530. The van der Waals surface area contributed by atoms with E-state index in [4.69, 9.17) is 0 Å². The smallest absolute Gasteiger partial charge is 0.212 e. The molecule has 0 aromatic carbocycles. The van der Waals surface area contributed by atoms with Gasteiger partial charge in [-0.2, -0.15) is 0 Å². The molecule has 0 rings (SSSR count). The van der Waals surface area contributed by atoms with Crippen LogP contribution in [0, 0.1) is 0 Å². The average Bonchev–Trinajstić information content (AvgIpc) is 1.86. The standard InChI is InChI=1S/C6H9O3S/c1-3-5-10(8,9)6(7)4-2/h3-4,6H,1-2,5H2/t6-/m0/s1. The zero-order valence-electron chi connectivity index (χ0n) is 5.49. The van der Waals surface area contributed by atoms with Crippen LogP contribution in [0.25, 0.3) is 0 Å². The summed E-state index contributed by atoms with van der Waals surface area (Å²) >= 11 is 0. The zero-order valence-corrected chi connectivity index (χ0v) is 6.30. The van der Waals surface area contributed by atoms with Gasteiger partial charge in [-0.1, -0.05) is 12.7 Å². The van der Waals surface area contributed by atoms with Crippen LogP contribution < -0.4 is 0 Å². The van der Waals surface area contributed by atoms with Gasteiger partial charge in [-0.05, 0) is 6.08 Å². The number of sulfone groups is 1. The van der Waals surface area contributed by atoms with Crippen molar-refractivity contribution in [1.82, 2.24) is 0 Å². The van der Waals surface area contributed by atoms with Crippen LogP contribution in [0.3, 0.4) is 0 Å². The minimum atomic E-state index is -3.55. The molecule has 0 unspecified atom stereocenters. The first-order valence-corrected chi connectivity index (χ1v) is 4.37. The maximum Gasteiger partial charge on any atom is 0.212 e. The normalized spacial score (nSPS) is 14.1. The monoisotopic (exact) mass is 161 g/mol. The summed E-state index contributed by atoms with van der Waals surface area (Å²) in [6, 6.07) is 0. The third-order valence-electron chi connectivity index (χ3n) is 0.897. The molecule has 0 saturated carbocycles. The quantitative estimate of drug-likeness (QED) is 0.565. The molecule has 0 heterocycles. The van der Waals surface area contributed by atoms with Crippen LogP contribution in [0.15, 0.2) is 25.3 Å². The van der Waals surface area contributed by atoms with Gasteiger partial charge < -0.3 is 0 Å². The lowest BCUT2D eigenvalue weighted by atomic mass is 10.7. The van der Waals surface area contributed by atoms with Crippen LogP contribution in [-0.4, -0.2) is 19.6 Å². The summed E-state index contributed by atoms with van der Waals surface area (Å²) in [5, 5.41) is 10.6. The Labute approximate surface area is 60.6 Å². The summed E-state index contributed by atoms with van der Waals surface area (Å²) in [5.74, 6) is -0.285. The van der Waals surface area contributed by atoms with Gasteiger partial charge in [0.05, 0.1) is 5.75 Å². The largest absolute Gasteiger partial charge is 0.225 e. The molecule has 3 nitrogen and oxygen atoms in total. The molecule has 0 aliphatic rings. The van der Waals surface area contributed by atoms with Crippen molar-refractivity contribution < 1.29 is 13.5 Å². The summed E-state index contributed by atoms with van der Waals surface area (Å²) in [6.07, 6.45) is 2.04. The topological polar surface area (TPSA) is 54.0 Å².